The van der Waals surface area contributed by atoms with Crippen LogP contribution in [0.5, 0.6) is 11.5 Å². The van der Waals surface area contributed by atoms with Crippen molar-refractivity contribution < 1.29 is 4.74 Å². The molecule has 0 amide bonds. The van der Waals surface area contributed by atoms with Gasteiger partial charge in [0.25, 0.3) is 0 Å². The minimum absolute atomic E-state index is 0.328. The molecule has 0 fully saturated rings. The highest BCUT2D eigenvalue weighted by molar-refractivity contribution is 6.09. The van der Waals surface area contributed by atoms with Gasteiger partial charge in [-0.3, -0.25) is 4.57 Å². The van der Waals surface area contributed by atoms with Crippen molar-refractivity contribution in [2.45, 2.75) is 81.1 Å². The Bertz CT molecular complexity index is 2210. The van der Waals surface area contributed by atoms with Gasteiger partial charge in [-0.05, 0) is 112 Å². The van der Waals surface area contributed by atoms with Crippen LogP contribution >= 0.6 is 0 Å². The fourth-order valence-corrected chi connectivity index (χ4v) is 8.15. The van der Waals surface area contributed by atoms with Gasteiger partial charge >= 0.3 is 0 Å². The van der Waals surface area contributed by atoms with Crippen LogP contribution in [0.1, 0.15) is 88.4 Å². The first-order valence-corrected chi connectivity index (χ1v) is 17.5. The number of hydrogen-bond donors (Lipinski definition) is 0. The summed E-state index contributed by atoms with van der Waals surface area (Å²) in [6, 6.07) is 25.7. The standard InChI is InChI=1S/C43H48N4O/c1-24(2)33-20-34(47-32(10)43(31(9)45-47)42-29(7)27(5)26(4)28(6)30(42)8)22-36(21-33)48-35-15-16-38-37-13-11-12-14-39(37)46(40(38)23-35)41-19-25(3)17-18-44-41/h11-24,26-27,29,42H,1-10H3/t26-,27+,29+,42?/m1/s1. The number of benzene rings is 3. The molecule has 0 bridgehead atoms. The van der Waals surface area contributed by atoms with Crippen LogP contribution in [0.25, 0.3) is 33.3 Å². The highest BCUT2D eigenvalue weighted by Crippen LogP contribution is 2.48. The highest BCUT2D eigenvalue weighted by atomic mass is 16.5. The van der Waals surface area contributed by atoms with E-state index in [2.05, 4.69) is 145 Å². The smallest absolute Gasteiger partial charge is 0.137 e. The molecule has 3 aromatic heterocycles. The first-order valence-electron chi connectivity index (χ1n) is 17.5. The maximum atomic E-state index is 6.74. The van der Waals surface area contributed by atoms with Gasteiger partial charge in [-0.15, -0.1) is 0 Å². The third-order valence-electron chi connectivity index (χ3n) is 11.4. The number of hydrogen-bond acceptors (Lipinski definition) is 3. The summed E-state index contributed by atoms with van der Waals surface area (Å²) < 4.78 is 11.1. The topological polar surface area (TPSA) is 44.9 Å². The van der Waals surface area contributed by atoms with Gasteiger partial charge in [-0.2, -0.15) is 5.10 Å². The summed E-state index contributed by atoms with van der Waals surface area (Å²) in [6.07, 6.45) is 1.88. The molecule has 0 spiro atoms. The number of rotatable bonds is 6. The van der Waals surface area contributed by atoms with Gasteiger partial charge in [0.05, 0.1) is 22.4 Å². The Morgan fingerprint density at radius 3 is 2.23 bits per heavy atom. The monoisotopic (exact) mass is 636 g/mol. The summed E-state index contributed by atoms with van der Waals surface area (Å²) in [6.45, 7) is 22.9. The van der Waals surface area contributed by atoms with Crippen molar-refractivity contribution in [2.24, 2.45) is 17.8 Å². The summed E-state index contributed by atoms with van der Waals surface area (Å²) in [5.74, 6) is 4.95. The van der Waals surface area contributed by atoms with E-state index in [-0.39, 0.29) is 0 Å². The second-order valence-corrected chi connectivity index (χ2v) is 14.6. The lowest BCUT2D eigenvalue weighted by molar-refractivity contribution is 0.256. The van der Waals surface area contributed by atoms with Gasteiger partial charge < -0.3 is 4.74 Å². The summed E-state index contributed by atoms with van der Waals surface area (Å²) in [7, 11) is 0. The van der Waals surface area contributed by atoms with Crippen molar-refractivity contribution in [3.05, 3.63) is 118 Å². The molecule has 246 valence electrons. The van der Waals surface area contributed by atoms with Crippen molar-refractivity contribution in [1.29, 1.82) is 0 Å². The number of ether oxygens (including phenoxy) is 1. The number of nitrogens with zero attached hydrogens (tertiary/aromatic N) is 4. The number of pyridine rings is 1. The third-order valence-corrected chi connectivity index (χ3v) is 11.4. The Morgan fingerprint density at radius 2 is 1.48 bits per heavy atom. The van der Waals surface area contributed by atoms with Crippen LogP contribution in [0.4, 0.5) is 0 Å². The Morgan fingerprint density at radius 1 is 0.729 bits per heavy atom. The summed E-state index contributed by atoms with van der Waals surface area (Å²) in [5.41, 5.74) is 12.4. The largest absolute Gasteiger partial charge is 0.457 e. The molecule has 6 aromatic rings. The lowest BCUT2D eigenvalue weighted by Gasteiger charge is -2.40. The number of allylic oxidation sites excluding steroid dienone is 2. The molecule has 5 heteroatoms. The van der Waals surface area contributed by atoms with Crippen LogP contribution < -0.4 is 4.74 Å². The van der Waals surface area contributed by atoms with Crippen LogP contribution in [0.3, 0.4) is 0 Å². The Kier molecular flexibility index (Phi) is 8.06. The molecule has 7 rings (SSSR count). The fraction of sp³-hybridized carbons (Fsp3) is 0.349. The Hall–Kier alpha value is -4.64. The van der Waals surface area contributed by atoms with Gasteiger partial charge in [-0.25, -0.2) is 9.67 Å². The predicted molar refractivity (Wildman–Crippen MR) is 199 cm³/mol. The van der Waals surface area contributed by atoms with Crippen LogP contribution in [0.15, 0.2) is 90.1 Å². The SMILES string of the molecule is CC1=C(C)[C@H](C)[C@H](C)[C@H](C)C1c1c(C)nn(-c2cc(Oc3ccc4c5ccccc5n(-c5cc(C)ccn5)c4c3)cc(C(C)C)c2)c1C. The molecule has 3 aromatic carbocycles. The molecule has 0 aliphatic heterocycles. The van der Waals surface area contributed by atoms with E-state index >= 15 is 0 Å². The van der Waals surface area contributed by atoms with Gasteiger partial charge in [0, 0.05) is 46.3 Å². The second-order valence-electron chi connectivity index (χ2n) is 14.6. The fourth-order valence-electron chi connectivity index (χ4n) is 8.15. The van der Waals surface area contributed by atoms with Crippen LogP contribution in [0, 0.1) is 38.5 Å². The molecule has 1 unspecified atom stereocenters. The zero-order valence-corrected chi connectivity index (χ0v) is 30.1. The van der Waals surface area contributed by atoms with E-state index in [1.54, 1.807) is 0 Å². The maximum Gasteiger partial charge on any atom is 0.137 e. The van der Waals surface area contributed by atoms with E-state index in [9.17, 15) is 0 Å². The number of fused-ring (bicyclic) bond motifs is 3. The minimum Gasteiger partial charge on any atom is -0.457 e. The average Bonchev–Trinajstić information content (AvgIpc) is 3.55. The average molecular weight is 637 g/mol. The van der Waals surface area contributed by atoms with Gasteiger partial charge in [0.2, 0.25) is 0 Å². The first kappa shape index (κ1) is 31.9. The lowest BCUT2D eigenvalue weighted by atomic mass is 9.64. The van der Waals surface area contributed by atoms with Crippen LogP contribution in [-0.2, 0) is 0 Å². The third kappa shape index (κ3) is 5.24. The normalized spacial score (nSPS) is 20.0. The Labute approximate surface area is 285 Å². The zero-order valence-electron chi connectivity index (χ0n) is 30.1. The molecule has 0 radical (unpaired) electrons. The van der Waals surface area contributed by atoms with Crippen LogP contribution in [0.2, 0.25) is 0 Å². The number of aromatic nitrogens is 4. The molecule has 1 aliphatic carbocycles. The molecule has 0 saturated heterocycles. The van der Waals surface area contributed by atoms with Gasteiger partial charge in [0.1, 0.15) is 17.3 Å². The lowest BCUT2D eigenvalue weighted by Crippen LogP contribution is -2.30. The molecule has 0 saturated carbocycles. The molecule has 5 nitrogen and oxygen atoms in total. The van der Waals surface area contributed by atoms with E-state index in [0.29, 0.717) is 29.6 Å². The van der Waals surface area contributed by atoms with Crippen molar-refractivity contribution in [1.82, 2.24) is 19.3 Å². The van der Waals surface area contributed by atoms with Crippen LogP contribution in [-0.4, -0.2) is 19.3 Å². The minimum atomic E-state index is 0.328. The predicted octanol–water partition coefficient (Wildman–Crippen LogP) is 11.5. The molecule has 3 heterocycles. The number of aryl methyl sites for hydroxylation is 2. The quantitative estimate of drug-likeness (QED) is 0.171. The first-order chi connectivity index (χ1) is 22.9. The zero-order chi connectivity index (χ0) is 34.0. The van der Waals surface area contributed by atoms with Crippen molar-refractivity contribution in [3.63, 3.8) is 0 Å². The molecular weight excluding hydrogens is 589 g/mol. The summed E-state index contributed by atoms with van der Waals surface area (Å²) >= 11 is 0. The molecule has 48 heavy (non-hydrogen) atoms. The molecule has 0 N–H and O–H groups in total. The second kappa shape index (κ2) is 12.1. The molecule has 1 aliphatic rings. The maximum absolute atomic E-state index is 6.74. The van der Waals surface area contributed by atoms with Crippen molar-refractivity contribution in [2.75, 3.05) is 0 Å². The van der Waals surface area contributed by atoms with E-state index in [1.807, 2.05) is 12.3 Å². The summed E-state index contributed by atoms with van der Waals surface area (Å²) in [5, 5.41) is 7.56. The van der Waals surface area contributed by atoms with E-state index in [4.69, 9.17) is 14.8 Å². The van der Waals surface area contributed by atoms with Crippen molar-refractivity contribution in [3.8, 4) is 23.0 Å². The van der Waals surface area contributed by atoms with Gasteiger partial charge in [-0.1, -0.05) is 64.0 Å². The molecule has 4 atom stereocenters. The highest BCUT2D eigenvalue weighted by Gasteiger charge is 2.38. The summed E-state index contributed by atoms with van der Waals surface area (Å²) in [4.78, 5) is 4.75. The van der Waals surface area contributed by atoms with Crippen molar-refractivity contribution >= 4 is 21.8 Å². The van der Waals surface area contributed by atoms with E-state index in [1.165, 1.54) is 44.3 Å². The van der Waals surface area contributed by atoms with E-state index < -0.39 is 0 Å². The number of para-hydroxylation sites is 1. The van der Waals surface area contributed by atoms with Gasteiger partial charge in [0.15, 0.2) is 0 Å². The Balaban J connectivity index is 1.32. The molecular formula is C43H48N4O. The van der Waals surface area contributed by atoms with E-state index in [0.717, 1.165) is 39.7 Å².